The lowest BCUT2D eigenvalue weighted by Gasteiger charge is -2.18. The second-order valence-corrected chi connectivity index (χ2v) is 5.56. The predicted octanol–water partition coefficient (Wildman–Crippen LogP) is 3.68. The third-order valence-electron chi connectivity index (χ3n) is 3.29. The van der Waals surface area contributed by atoms with E-state index in [-0.39, 0.29) is 0 Å². The van der Waals surface area contributed by atoms with Crippen molar-refractivity contribution in [2.75, 3.05) is 6.54 Å². The highest BCUT2D eigenvalue weighted by Crippen LogP contribution is 2.23. The number of aromatic nitrogens is 2. The fourth-order valence-corrected chi connectivity index (χ4v) is 2.76. The molecule has 1 rings (SSSR count). The van der Waals surface area contributed by atoms with Gasteiger partial charge in [0.05, 0.1) is 15.9 Å². The Bertz CT molecular complexity index is 360. The van der Waals surface area contributed by atoms with E-state index in [0.717, 1.165) is 25.2 Å². The van der Waals surface area contributed by atoms with Gasteiger partial charge in [-0.25, -0.2) is 0 Å². The molecule has 0 saturated carbocycles. The molecule has 1 unspecified atom stereocenters. The van der Waals surface area contributed by atoms with Crippen LogP contribution < -0.4 is 5.32 Å². The van der Waals surface area contributed by atoms with Crippen molar-refractivity contribution >= 4 is 15.9 Å². The van der Waals surface area contributed by atoms with Crippen LogP contribution in [0.25, 0.3) is 0 Å². The molecular formula is C14H26BrN3. The lowest BCUT2D eigenvalue weighted by molar-refractivity contribution is 0.456. The molecular weight excluding hydrogens is 290 g/mol. The van der Waals surface area contributed by atoms with Crippen molar-refractivity contribution in [2.45, 2.75) is 66.0 Å². The predicted molar refractivity (Wildman–Crippen MR) is 81.0 cm³/mol. The van der Waals surface area contributed by atoms with Crippen molar-refractivity contribution in [3.63, 3.8) is 0 Å². The second kappa shape index (κ2) is 7.95. The van der Waals surface area contributed by atoms with E-state index >= 15 is 0 Å². The summed E-state index contributed by atoms with van der Waals surface area (Å²) in [5, 5.41) is 8.16. The molecule has 0 fully saturated rings. The van der Waals surface area contributed by atoms with Gasteiger partial charge in [0, 0.05) is 19.0 Å². The molecule has 4 heteroatoms. The van der Waals surface area contributed by atoms with Crippen LogP contribution >= 0.6 is 15.9 Å². The highest BCUT2D eigenvalue weighted by Gasteiger charge is 2.16. The number of unbranched alkanes of at least 4 members (excludes halogenated alkanes) is 1. The summed E-state index contributed by atoms with van der Waals surface area (Å²) < 4.78 is 3.30. The van der Waals surface area contributed by atoms with E-state index in [0.29, 0.717) is 6.04 Å². The Labute approximate surface area is 119 Å². The highest BCUT2D eigenvalue weighted by molar-refractivity contribution is 9.10. The van der Waals surface area contributed by atoms with Crippen molar-refractivity contribution in [1.82, 2.24) is 15.1 Å². The van der Waals surface area contributed by atoms with E-state index < -0.39 is 0 Å². The molecule has 0 spiro atoms. The van der Waals surface area contributed by atoms with Gasteiger partial charge < -0.3 is 5.32 Å². The van der Waals surface area contributed by atoms with Crippen LogP contribution in [0.5, 0.6) is 0 Å². The Hall–Kier alpha value is -0.350. The number of aryl methyl sites for hydroxylation is 2. The van der Waals surface area contributed by atoms with Crippen molar-refractivity contribution in [2.24, 2.45) is 0 Å². The minimum Gasteiger partial charge on any atom is -0.314 e. The first-order valence-electron chi connectivity index (χ1n) is 7.09. The van der Waals surface area contributed by atoms with Gasteiger partial charge in [0.2, 0.25) is 0 Å². The van der Waals surface area contributed by atoms with Gasteiger partial charge in [-0.2, -0.15) is 5.10 Å². The monoisotopic (exact) mass is 315 g/mol. The van der Waals surface area contributed by atoms with Gasteiger partial charge in [-0.3, -0.25) is 4.68 Å². The summed E-state index contributed by atoms with van der Waals surface area (Å²) in [6.07, 6.45) is 4.84. The fraction of sp³-hybridized carbons (Fsp3) is 0.786. The number of halogens is 1. The minimum atomic E-state index is 0.563. The molecule has 0 aliphatic carbocycles. The number of hydrogen-bond acceptors (Lipinski definition) is 2. The molecule has 104 valence electrons. The Kier molecular flexibility index (Phi) is 6.94. The maximum atomic E-state index is 4.56. The van der Waals surface area contributed by atoms with Gasteiger partial charge >= 0.3 is 0 Å². The standard InChI is InChI=1S/C14H26BrN3/c1-5-8-9-12(16-6-2)10-13-14(15)11(4)17-18(13)7-3/h12,16H,5-10H2,1-4H3. The van der Waals surface area contributed by atoms with E-state index in [1.54, 1.807) is 0 Å². The van der Waals surface area contributed by atoms with Gasteiger partial charge in [0.1, 0.15) is 0 Å². The number of nitrogens with zero attached hydrogens (tertiary/aromatic N) is 2. The molecule has 3 nitrogen and oxygen atoms in total. The normalized spacial score (nSPS) is 12.9. The molecule has 1 aromatic heterocycles. The lowest BCUT2D eigenvalue weighted by Crippen LogP contribution is -2.31. The fourth-order valence-electron chi connectivity index (χ4n) is 2.31. The number of rotatable bonds is 8. The van der Waals surface area contributed by atoms with Crippen molar-refractivity contribution in [3.05, 3.63) is 15.9 Å². The zero-order valence-electron chi connectivity index (χ0n) is 12.1. The molecule has 0 bridgehead atoms. The van der Waals surface area contributed by atoms with Gasteiger partial charge in [0.25, 0.3) is 0 Å². The summed E-state index contributed by atoms with van der Waals surface area (Å²) in [4.78, 5) is 0. The third kappa shape index (κ3) is 4.09. The van der Waals surface area contributed by atoms with Gasteiger partial charge in [0.15, 0.2) is 0 Å². The van der Waals surface area contributed by atoms with E-state index in [9.17, 15) is 0 Å². The van der Waals surface area contributed by atoms with Crippen molar-refractivity contribution < 1.29 is 0 Å². The molecule has 0 amide bonds. The van der Waals surface area contributed by atoms with Crippen molar-refractivity contribution in [3.8, 4) is 0 Å². The maximum Gasteiger partial charge on any atom is 0.0738 e. The van der Waals surface area contributed by atoms with E-state index in [1.807, 2.05) is 0 Å². The number of nitrogens with one attached hydrogen (secondary N) is 1. The Morgan fingerprint density at radius 1 is 1.33 bits per heavy atom. The van der Waals surface area contributed by atoms with E-state index in [1.165, 1.54) is 29.4 Å². The average Bonchev–Trinajstić information content (AvgIpc) is 2.63. The first-order chi connectivity index (χ1) is 8.63. The van der Waals surface area contributed by atoms with Crippen LogP contribution in [0.3, 0.4) is 0 Å². The lowest BCUT2D eigenvalue weighted by atomic mass is 10.0. The summed E-state index contributed by atoms with van der Waals surface area (Å²) in [5.74, 6) is 0. The summed E-state index contributed by atoms with van der Waals surface area (Å²) in [6.45, 7) is 10.6. The van der Waals surface area contributed by atoms with Crippen molar-refractivity contribution in [1.29, 1.82) is 0 Å². The number of hydrogen-bond donors (Lipinski definition) is 1. The SMILES string of the molecule is CCCCC(Cc1c(Br)c(C)nn1CC)NCC. The molecule has 1 aromatic rings. The molecule has 1 heterocycles. The first-order valence-corrected chi connectivity index (χ1v) is 7.88. The zero-order chi connectivity index (χ0) is 13.5. The summed E-state index contributed by atoms with van der Waals surface area (Å²) in [6, 6.07) is 0.563. The van der Waals surface area contributed by atoms with Gasteiger partial charge in [-0.05, 0) is 42.7 Å². The first kappa shape index (κ1) is 15.7. The maximum absolute atomic E-state index is 4.56. The Morgan fingerprint density at radius 2 is 2.06 bits per heavy atom. The molecule has 0 aromatic carbocycles. The van der Waals surface area contributed by atoms with E-state index in [4.69, 9.17) is 0 Å². The highest BCUT2D eigenvalue weighted by atomic mass is 79.9. The zero-order valence-corrected chi connectivity index (χ0v) is 13.7. The smallest absolute Gasteiger partial charge is 0.0738 e. The third-order valence-corrected chi connectivity index (χ3v) is 4.32. The largest absolute Gasteiger partial charge is 0.314 e. The second-order valence-electron chi connectivity index (χ2n) is 4.76. The molecule has 1 N–H and O–H groups in total. The van der Waals surface area contributed by atoms with Gasteiger partial charge in [-0.15, -0.1) is 0 Å². The molecule has 0 aliphatic rings. The van der Waals surface area contributed by atoms with E-state index in [2.05, 4.69) is 58.7 Å². The molecule has 18 heavy (non-hydrogen) atoms. The van der Waals surface area contributed by atoms with Crippen LogP contribution in [-0.4, -0.2) is 22.4 Å². The molecule has 0 saturated heterocycles. The van der Waals surface area contributed by atoms with Crippen LogP contribution in [0.15, 0.2) is 4.47 Å². The average molecular weight is 316 g/mol. The van der Waals surface area contributed by atoms with Crippen LogP contribution in [0.4, 0.5) is 0 Å². The molecule has 0 aliphatic heterocycles. The quantitative estimate of drug-likeness (QED) is 0.793. The molecule has 1 atom stereocenters. The van der Waals surface area contributed by atoms with Crippen LogP contribution in [0.2, 0.25) is 0 Å². The minimum absolute atomic E-state index is 0.563. The Balaban J connectivity index is 2.78. The summed E-state index contributed by atoms with van der Waals surface area (Å²) in [5.41, 5.74) is 2.43. The summed E-state index contributed by atoms with van der Waals surface area (Å²) >= 11 is 3.68. The number of likely N-dealkylation sites (N-methyl/N-ethyl adjacent to an activating group) is 1. The van der Waals surface area contributed by atoms with Crippen LogP contribution in [0, 0.1) is 6.92 Å². The molecule has 0 radical (unpaired) electrons. The summed E-state index contributed by atoms with van der Waals surface area (Å²) in [7, 11) is 0. The van der Waals surface area contributed by atoms with Gasteiger partial charge in [-0.1, -0.05) is 26.7 Å². The topological polar surface area (TPSA) is 29.9 Å². The van der Waals surface area contributed by atoms with Crippen LogP contribution in [-0.2, 0) is 13.0 Å². The Morgan fingerprint density at radius 3 is 2.61 bits per heavy atom. The van der Waals surface area contributed by atoms with Crippen LogP contribution in [0.1, 0.15) is 51.4 Å².